The summed E-state index contributed by atoms with van der Waals surface area (Å²) in [6.45, 7) is 2.62. The number of hydrogen-bond acceptors (Lipinski definition) is 5. The van der Waals surface area contributed by atoms with Gasteiger partial charge in [0.1, 0.15) is 12.4 Å². The van der Waals surface area contributed by atoms with Crippen LogP contribution in [0, 0.1) is 0 Å². The molecule has 1 fully saturated rings. The van der Waals surface area contributed by atoms with Crippen LogP contribution in [0.1, 0.15) is 31.7 Å². The topological polar surface area (TPSA) is 114 Å². The second kappa shape index (κ2) is 6.31. The molecule has 0 bridgehead atoms. The lowest BCUT2D eigenvalue weighted by Crippen LogP contribution is -2.45. The molecule has 0 aromatic heterocycles. The molecule has 3 N–H and O–H groups in total. The number of anilines is 1. The van der Waals surface area contributed by atoms with E-state index in [0.29, 0.717) is 23.6 Å². The Morgan fingerprint density at radius 1 is 1.46 bits per heavy atom. The quantitative estimate of drug-likeness (QED) is 0.837. The van der Waals surface area contributed by atoms with E-state index in [4.69, 9.17) is 10.5 Å². The molecule has 2 aliphatic heterocycles. The van der Waals surface area contributed by atoms with Crippen LogP contribution in [0.3, 0.4) is 0 Å². The first-order chi connectivity index (χ1) is 11.4. The summed E-state index contributed by atoms with van der Waals surface area (Å²) in [5.41, 5.74) is 6.56. The number of carbonyl (C=O) groups is 1. The van der Waals surface area contributed by atoms with Crippen LogP contribution in [0.4, 0.5) is 5.69 Å². The lowest BCUT2D eigenvalue weighted by molar-refractivity contribution is -0.133. The second-order valence-electron chi connectivity index (χ2n) is 5.91. The predicted molar refractivity (Wildman–Crippen MR) is 90.2 cm³/mol. The Kier molecular flexibility index (Phi) is 4.35. The van der Waals surface area contributed by atoms with Crippen LogP contribution in [0.5, 0.6) is 5.75 Å². The number of amidine groups is 1. The lowest BCUT2D eigenvalue weighted by Gasteiger charge is -2.35. The number of nitrogens with two attached hydrogens (primary N) is 1. The van der Waals surface area contributed by atoms with Crippen LogP contribution >= 0.6 is 0 Å². The Morgan fingerprint density at radius 3 is 3.00 bits per heavy atom. The van der Waals surface area contributed by atoms with Crippen LogP contribution < -0.4 is 15.2 Å². The third kappa shape index (κ3) is 3.30. The van der Waals surface area contributed by atoms with Crippen molar-refractivity contribution in [3.05, 3.63) is 23.8 Å². The third-order valence-electron chi connectivity index (χ3n) is 4.20. The minimum Gasteiger partial charge on any atom is -0.491 e. The van der Waals surface area contributed by atoms with Gasteiger partial charge < -0.3 is 15.4 Å². The summed E-state index contributed by atoms with van der Waals surface area (Å²) in [4.78, 5) is 13.5. The number of ether oxygens (including phenoxy) is 1. The number of amides is 1. The fourth-order valence-corrected chi connectivity index (χ4v) is 3.96. The van der Waals surface area contributed by atoms with Gasteiger partial charge in [0.05, 0.1) is 17.3 Å². The van der Waals surface area contributed by atoms with Gasteiger partial charge in [-0.1, -0.05) is 6.07 Å². The maximum absolute atomic E-state index is 11.7. The molecule has 2 heterocycles. The highest BCUT2D eigenvalue weighted by atomic mass is 32.2. The zero-order chi connectivity index (χ0) is 17.3. The van der Waals surface area contributed by atoms with Crippen LogP contribution in [0.15, 0.2) is 22.6 Å². The van der Waals surface area contributed by atoms with Crippen molar-refractivity contribution in [1.29, 1.82) is 0 Å². The molecule has 1 saturated heterocycles. The van der Waals surface area contributed by atoms with Gasteiger partial charge in [-0.3, -0.25) is 9.52 Å². The molecular weight excluding hydrogens is 332 g/mol. The molecule has 9 heteroatoms. The maximum Gasteiger partial charge on any atom is 0.344 e. The maximum atomic E-state index is 11.7. The van der Waals surface area contributed by atoms with Crippen molar-refractivity contribution in [2.24, 2.45) is 10.1 Å². The van der Waals surface area contributed by atoms with Gasteiger partial charge in [-0.15, -0.1) is 4.40 Å². The number of fused-ring (bicyclic) bond motifs is 1. The Balaban J connectivity index is 1.81. The van der Waals surface area contributed by atoms with Crippen molar-refractivity contribution in [2.75, 3.05) is 17.9 Å². The molecule has 1 aromatic rings. The third-order valence-corrected chi connectivity index (χ3v) is 5.12. The Morgan fingerprint density at radius 2 is 2.25 bits per heavy atom. The van der Waals surface area contributed by atoms with E-state index in [1.54, 1.807) is 25.1 Å². The number of nitrogens with one attached hydrogen (secondary N) is 1. The zero-order valence-corrected chi connectivity index (χ0v) is 14.2. The molecule has 1 atom stereocenters. The molecule has 1 aromatic carbocycles. The van der Waals surface area contributed by atoms with Gasteiger partial charge >= 0.3 is 10.2 Å². The molecule has 130 valence electrons. The van der Waals surface area contributed by atoms with Crippen molar-refractivity contribution < 1.29 is 17.9 Å². The summed E-state index contributed by atoms with van der Waals surface area (Å²) >= 11 is 0. The van der Waals surface area contributed by atoms with Gasteiger partial charge in [-0.05, 0) is 31.4 Å². The molecule has 3 rings (SSSR count). The number of rotatable bonds is 3. The van der Waals surface area contributed by atoms with E-state index >= 15 is 0 Å². The van der Waals surface area contributed by atoms with Crippen LogP contribution in [-0.4, -0.2) is 44.3 Å². The van der Waals surface area contributed by atoms with E-state index in [0.717, 1.165) is 25.8 Å². The molecular formula is C15H20N4O4S. The average molecular weight is 352 g/mol. The summed E-state index contributed by atoms with van der Waals surface area (Å²) in [6, 6.07) is 5.00. The highest BCUT2D eigenvalue weighted by Crippen LogP contribution is 2.31. The minimum absolute atomic E-state index is 0.00514. The number of likely N-dealkylation sites (tertiary alicyclic amines) is 1. The first-order valence-electron chi connectivity index (χ1n) is 7.79. The number of benzene rings is 1. The first-order valence-corrected chi connectivity index (χ1v) is 9.23. The highest BCUT2D eigenvalue weighted by molar-refractivity contribution is 7.91. The number of nitrogens with zero attached hydrogens (tertiary/aromatic N) is 2. The van der Waals surface area contributed by atoms with Crippen LogP contribution in [0.25, 0.3) is 0 Å². The van der Waals surface area contributed by atoms with Gasteiger partial charge in [0.2, 0.25) is 5.91 Å². The smallest absolute Gasteiger partial charge is 0.344 e. The summed E-state index contributed by atoms with van der Waals surface area (Å²) < 4.78 is 34.9. The second-order valence-corrected chi connectivity index (χ2v) is 7.24. The summed E-state index contributed by atoms with van der Waals surface area (Å²) in [5, 5.41) is 0. The highest BCUT2D eigenvalue weighted by Gasteiger charge is 2.27. The van der Waals surface area contributed by atoms with Gasteiger partial charge in [-0.2, -0.15) is 8.42 Å². The van der Waals surface area contributed by atoms with Gasteiger partial charge in [0, 0.05) is 13.5 Å². The number of hydrogen-bond donors (Lipinski definition) is 2. The van der Waals surface area contributed by atoms with E-state index < -0.39 is 10.2 Å². The molecule has 24 heavy (non-hydrogen) atoms. The Bertz CT molecular complexity index is 791. The molecule has 0 spiro atoms. The summed E-state index contributed by atoms with van der Waals surface area (Å²) in [7, 11) is -3.81. The predicted octanol–water partition coefficient (Wildman–Crippen LogP) is 0.842. The number of piperidine rings is 1. The molecule has 1 amide bonds. The fourth-order valence-electron chi connectivity index (χ4n) is 3.11. The standard InChI is InChI=1S/C15H20N4O4S/c1-10(20)19-8-3-2-5-11(19)9-23-13-7-4-6-12-14(13)15(16)18-24(21,22)17-12/h4,6-7,11,17H,2-3,5,8-9H2,1H3,(H2,16,18). The SMILES string of the molecule is CC(=O)N1CCCCC1COc1cccc2c1C(N)=NS(=O)(=O)N2. The van der Waals surface area contributed by atoms with Crippen LogP contribution in [-0.2, 0) is 15.0 Å². The van der Waals surface area contributed by atoms with Crippen molar-refractivity contribution in [1.82, 2.24) is 4.90 Å². The van der Waals surface area contributed by atoms with Crippen molar-refractivity contribution in [2.45, 2.75) is 32.2 Å². The van der Waals surface area contributed by atoms with Gasteiger partial charge in [-0.25, -0.2) is 0 Å². The minimum atomic E-state index is -3.81. The van der Waals surface area contributed by atoms with E-state index in [1.165, 1.54) is 0 Å². The summed E-state index contributed by atoms with van der Waals surface area (Å²) in [6.07, 6.45) is 2.93. The molecule has 0 saturated carbocycles. The monoisotopic (exact) mass is 352 g/mol. The van der Waals surface area contributed by atoms with Crippen LogP contribution in [0.2, 0.25) is 0 Å². The largest absolute Gasteiger partial charge is 0.491 e. The van der Waals surface area contributed by atoms with Crippen molar-refractivity contribution >= 4 is 27.6 Å². The average Bonchev–Trinajstić information content (AvgIpc) is 2.51. The van der Waals surface area contributed by atoms with Crippen molar-refractivity contribution in [3.8, 4) is 5.75 Å². The van der Waals surface area contributed by atoms with E-state index in [-0.39, 0.29) is 17.8 Å². The number of carbonyl (C=O) groups excluding carboxylic acids is 1. The van der Waals surface area contributed by atoms with Gasteiger partial charge in [0.15, 0.2) is 5.84 Å². The van der Waals surface area contributed by atoms with Crippen molar-refractivity contribution in [3.63, 3.8) is 0 Å². The normalized spacial score (nSPS) is 22.1. The first kappa shape index (κ1) is 16.6. The molecule has 0 radical (unpaired) electrons. The zero-order valence-electron chi connectivity index (χ0n) is 13.4. The lowest BCUT2D eigenvalue weighted by atomic mass is 10.0. The summed E-state index contributed by atoms with van der Waals surface area (Å²) in [5.74, 6) is 0.379. The van der Waals surface area contributed by atoms with E-state index in [9.17, 15) is 13.2 Å². The molecule has 1 unspecified atom stereocenters. The molecule has 2 aliphatic rings. The fraction of sp³-hybridized carbons (Fsp3) is 0.467. The van der Waals surface area contributed by atoms with E-state index in [1.807, 2.05) is 4.90 Å². The van der Waals surface area contributed by atoms with Gasteiger partial charge in [0.25, 0.3) is 0 Å². The Labute approximate surface area is 140 Å². The van der Waals surface area contributed by atoms with E-state index in [2.05, 4.69) is 9.12 Å². The molecule has 8 nitrogen and oxygen atoms in total. The molecule has 0 aliphatic carbocycles. The Hall–Kier alpha value is -2.29.